The zero-order valence-corrected chi connectivity index (χ0v) is 20.2. The van der Waals surface area contributed by atoms with E-state index < -0.39 is 0 Å². The summed E-state index contributed by atoms with van der Waals surface area (Å²) in [5.74, 6) is 0.0215. The Morgan fingerprint density at radius 2 is 1.74 bits per heavy atom. The first-order valence-corrected chi connectivity index (χ1v) is 12.9. The number of benzene rings is 2. The highest BCUT2D eigenvalue weighted by Crippen LogP contribution is 2.37. The van der Waals surface area contributed by atoms with Gasteiger partial charge in [-0.25, -0.2) is 0 Å². The average Bonchev–Trinajstić information content (AvgIpc) is 3.13. The normalized spacial score (nSPS) is 19.7. The maximum atomic E-state index is 13.4. The Bertz CT molecular complexity index is 1220. The second-order valence-electron chi connectivity index (χ2n) is 9.72. The fraction of sp³-hybridized carbons (Fsp3) is 0.429. The molecule has 0 unspecified atom stereocenters. The molecule has 0 bridgehead atoms. The molecule has 0 spiro atoms. The number of rotatable bonds is 4. The minimum atomic E-state index is -0.126. The standard InChI is InChI=1S/C28H32ClN3O2/c29-21-14-15-24-23(17-21)25(19-9-4-3-5-10-19)26(28(34)31-24)32-16-8-11-20(18-32)27(33)30-22-12-6-1-2-7-13-22/h3-5,9-10,14-15,17,20,22H,1-2,6-8,11-13,16,18H2,(H,30,33)(H,31,34)/t20-/m1/s1. The molecule has 2 aliphatic rings. The summed E-state index contributed by atoms with van der Waals surface area (Å²) in [6.45, 7) is 1.30. The lowest BCUT2D eigenvalue weighted by Gasteiger charge is -2.35. The van der Waals surface area contributed by atoms with E-state index in [-0.39, 0.29) is 23.4 Å². The van der Waals surface area contributed by atoms with Crippen molar-refractivity contribution in [3.05, 3.63) is 63.9 Å². The van der Waals surface area contributed by atoms with Crippen molar-refractivity contribution in [3.8, 4) is 11.1 Å². The Balaban J connectivity index is 1.49. The Kier molecular flexibility index (Phi) is 6.91. The number of anilines is 1. The van der Waals surface area contributed by atoms with Crippen LogP contribution in [0.2, 0.25) is 5.02 Å². The molecule has 1 aromatic heterocycles. The van der Waals surface area contributed by atoms with E-state index in [2.05, 4.69) is 15.2 Å². The van der Waals surface area contributed by atoms with Crippen LogP contribution in [-0.2, 0) is 4.79 Å². The lowest BCUT2D eigenvalue weighted by atomic mass is 9.93. The third-order valence-corrected chi connectivity index (χ3v) is 7.56. The van der Waals surface area contributed by atoms with Gasteiger partial charge in [-0.15, -0.1) is 0 Å². The van der Waals surface area contributed by atoms with Crippen molar-refractivity contribution in [1.82, 2.24) is 10.3 Å². The van der Waals surface area contributed by atoms with Gasteiger partial charge < -0.3 is 15.2 Å². The van der Waals surface area contributed by atoms with Gasteiger partial charge in [-0.1, -0.05) is 67.6 Å². The number of hydrogen-bond donors (Lipinski definition) is 2. The minimum Gasteiger partial charge on any atom is -0.366 e. The summed E-state index contributed by atoms with van der Waals surface area (Å²) >= 11 is 6.37. The van der Waals surface area contributed by atoms with Crippen LogP contribution in [0.4, 0.5) is 5.69 Å². The Hall–Kier alpha value is -2.79. The maximum absolute atomic E-state index is 13.4. The van der Waals surface area contributed by atoms with E-state index in [9.17, 15) is 9.59 Å². The van der Waals surface area contributed by atoms with E-state index in [0.717, 1.165) is 54.3 Å². The third kappa shape index (κ3) is 4.85. The van der Waals surface area contributed by atoms with E-state index in [1.165, 1.54) is 25.7 Å². The largest absolute Gasteiger partial charge is 0.366 e. The van der Waals surface area contributed by atoms with Gasteiger partial charge in [-0.3, -0.25) is 9.59 Å². The van der Waals surface area contributed by atoms with E-state index in [1.807, 2.05) is 42.5 Å². The van der Waals surface area contributed by atoms with Gasteiger partial charge in [0.1, 0.15) is 5.69 Å². The van der Waals surface area contributed by atoms with Crippen LogP contribution < -0.4 is 15.8 Å². The molecule has 2 aromatic carbocycles. The molecule has 3 aromatic rings. The highest BCUT2D eigenvalue weighted by Gasteiger charge is 2.30. The molecule has 34 heavy (non-hydrogen) atoms. The predicted octanol–water partition coefficient (Wildman–Crippen LogP) is 5.90. The molecule has 2 N–H and O–H groups in total. The van der Waals surface area contributed by atoms with E-state index in [4.69, 9.17) is 11.6 Å². The number of carbonyl (C=O) groups is 1. The van der Waals surface area contributed by atoms with Gasteiger partial charge in [0.25, 0.3) is 5.56 Å². The van der Waals surface area contributed by atoms with Crippen LogP contribution in [0.15, 0.2) is 53.3 Å². The molecule has 0 radical (unpaired) electrons. The van der Waals surface area contributed by atoms with Crippen molar-refractivity contribution in [2.45, 2.75) is 57.4 Å². The molecule has 1 aliphatic carbocycles. The van der Waals surface area contributed by atoms with Gasteiger partial charge in [0.2, 0.25) is 5.91 Å². The van der Waals surface area contributed by atoms with Crippen LogP contribution in [-0.4, -0.2) is 30.0 Å². The zero-order chi connectivity index (χ0) is 23.5. The summed E-state index contributed by atoms with van der Waals surface area (Å²) in [5, 5.41) is 4.87. The Labute approximate surface area is 205 Å². The first kappa shape index (κ1) is 23.0. The number of H-pyrrole nitrogens is 1. The highest BCUT2D eigenvalue weighted by molar-refractivity contribution is 6.31. The number of nitrogens with one attached hydrogen (secondary N) is 2. The summed E-state index contributed by atoms with van der Waals surface area (Å²) in [5.41, 5.74) is 3.12. The summed E-state index contributed by atoms with van der Waals surface area (Å²) in [6, 6.07) is 15.8. The number of aromatic amines is 1. The smallest absolute Gasteiger partial charge is 0.272 e. The van der Waals surface area contributed by atoms with Crippen molar-refractivity contribution in [2.75, 3.05) is 18.0 Å². The Morgan fingerprint density at radius 3 is 2.50 bits per heavy atom. The molecular weight excluding hydrogens is 446 g/mol. The molecule has 1 aliphatic heterocycles. The molecule has 6 heteroatoms. The topological polar surface area (TPSA) is 65.2 Å². The SMILES string of the molecule is O=C(NC1CCCCCC1)[C@@H]1CCCN(c2c(-c3ccccc3)c3cc(Cl)ccc3[nH]c2=O)C1. The molecule has 1 amide bonds. The second kappa shape index (κ2) is 10.2. The number of halogens is 1. The summed E-state index contributed by atoms with van der Waals surface area (Å²) < 4.78 is 0. The van der Waals surface area contributed by atoms with Crippen molar-refractivity contribution in [2.24, 2.45) is 5.92 Å². The van der Waals surface area contributed by atoms with E-state index in [1.54, 1.807) is 6.07 Å². The van der Waals surface area contributed by atoms with Crippen molar-refractivity contribution in [3.63, 3.8) is 0 Å². The molecule has 5 nitrogen and oxygen atoms in total. The lowest BCUT2D eigenvalue weighted by Crippen LogP contribution is -2.47. The highest BCUT2D eigenvalue weighted by atomic mass is 35.5. The van der Waals surface area contributed by atoms with Crippen LogP contribution in [0.1, 0.15) is 51.4 Å². The molecule has 1 atom stereocenters. The quantitative estimate of drug-likeness (QED) is 0.459. The monoisotopic (exact) mass is 477 g/mol. The molecular formula is C28H32ClN3O2. The molecule has 5 rings (SSSR count). The summed E-state index contributed by atoms with van der Waals surface area (Å²) in [7, 11) is 0. The predicted molar refractivity (Wildman–Crippen MR) is 140 cm³/mol. The maximum Gasteiger partial charge on any atom is 0.272 e. The average molecular weight is 478 g/mol. The van der Waals surface area contributed by atoms with Crippen LogP contribution >= 0.6 is 11.6 Å². The van der Waals surface area contributed by atoms with Crippen molar-refractivity contribution in [1.29, 1.82) is 0 Å². The van der Waals surface area contributed by atoms with Gasteiger partial charge in [-0.2, -0.15) is 0 Å². The molecule has 178 valence electrons. The minimum absolute atomic E-state index is 0.116. The number of aromatic nitrogens is 1. The van der Waals surface area contributed by atoms with Gasteiger partial charge in [-0.05, 0) is 49.4 Å². The van der Waals surface area contributed by atoms with Gasteiger partial charge >= 0.3 is 0 Å². The summed E-state index contributed by atoms with van der Waals surface area (Å²) in [4.78, 5) is 31.8. The number of nitrogens with zero attached hydrogens (tertiary/aromatic N) is 1. The molecule has 1 saturated carbocycles. The van der Waals surface area contributed by atoms with Crippen LogP contribution in [0.25, 0.3) is 22.0 Å². The molecule has 1 saturated heterocycles. The van der Waals surface area contributed by atoms with Crippen LogP contribution in [0, 0.1) is 5.92 Å². The second-order valence-corrected chi connectivity index (χ2v) is 10.2. The molecule has 2 heterocycles. The number of fused-ring (bicyclic) bond motifs is 1. The number of amides is 1. The van der Waals surface area contributed by atoms with Crippen molar-refractivity contribution >= 4 is 34.1 Å². The van der Waals surface area contributed by atoms with Crippen LogP contribution in [0.3, 0.4) is 0 Å². The summed E-state index contributed by atoms with van der Waals surface area (Å²) in [6.07, 6.45) is 8.80. The first-order valence-electron chi connectivity index (χ1n) is 12.6. The van der Waals surface area contributed by atoms with Gasteiger partial charge in [0.15, 0.2) is 0 Å². The Morgan fingerprint density at radius 1 is 0.971 bits per heavy atom. The lowest BCUT2D eigenvalue weighted by molar-refractivity contribution is -0.126. The van der Waals surface area contributed by atoms with Gasteiger partial charge in [0, 0.05) is 40.6 Å². The van der Waals surface area contributed by atoms with E-state index in [0.29, 0.717) is 17.3 Å². The van der Waals surface area contributed by atoms with Gasteiger partial charge in [0.05, 0.1) is 5.92 Å². The van der Waals surface area contributed by atoms with Crippen LogP contribution in [0.5, 0.6) is 0 Å². The van der Waals surface area contributed by atoms with Crippen molar-refractivity contribution < 1.29 is 4.79 Å². The third-order valence-electron chi connectivity index (χ3n) is 7.32. The fourth-order valence-corrected chi connectivity index (χ4v) is 5.76. The first-order chi connectivity index (χ1) is 16.6. The van der Waals surface area contributed by atoms with E-state index >= 15 is 0 Å². The number of carbonyl (C=O) groups excluding carboxylic acids is 1. The zero-order valence-electron chi connectivity index (χ0n) is 19.5. The fourth-order valence-electron chi connectivity index (χ4n) is 5.59. The number of pyridine rings is 1. The number of piperidine rings is 1. The number of hydrogen-bond acceptors (Lipinski definition) is 3. The molecule has 2 fully saturated rings.